The van der Waals surface area contributed by atoms with Crippen molar-refractivity contribution in [1.29, 1.82) is 0 Å². The summed E-state index contributed by atoms with van der Waals surface area (Å²) >= 11 is 0. The van der Waals surface area contributed by atoms with Crippen LogP contribution in [0.4, 0.5) is 11.4 Å². The van der Waals surface area contributed by atoms with E-state index in [0.717, 1.165) is 11.3 Å². The third-order valence-corrected chi connectivity index (χ3v) is 7.11. The molecule has 4 atom stereocenters. The van der Waals surface area contributed by atoms with Crippen molar-refractivity contribution in [3.05, 3.63) is 58.1 Å². The van der Waals surface area contributed by atoms with Crippen molar-refractivity contribution in [1.82, 2.24) is 4.90 Å². The van der Waals surface area contributed by atoms with E-state index >= 15 is 0 Å². The first kappa shape index (κ1) is 22.0. The first-order chi connectivity index (χ1) is 16.4. The van der Waals surface area contributed by atoms with Crippen LogP contribution in [-0.4, -0.2) is 60.3 Å². The molecule has 0 unspecified atom stereocenters. The fourth-order valence-corrected chi connectivity index (χ4v) is 5.65. The standard InChI is InChI=1S/C24H23N3O7/c1-33-15-8-5-13(6-9-15)22(28)21-20-19(16-4-3-11-25(16)21)23(29)26(24(20)30)17-12-14(27(31)32)7-10-18(17)34-2/h5-10,12,16,19-21H,3-4,11H2,1-2H3/t16-,19+,20+,21-/m0/s1. The Morgan fingerprint density at radius 3 is 2.38 bits per heavy atom. The van der Waals surface area contributed by atoms with Crippen molar-refractivity contribution in [3.63, 3.8) is 0 Å². The number of ketones is 1. The number of hydrogen-bond acceptors (Lipinski definition) is 8. The van der Waals surface area contributed by atoms with Gasteiger partial charge in [-0.1, -0.05) is 0 Å². The smallest absolute Gasteiger partial charge is 0.271 e. The fraction of sp³-hybridized carbons (Fsp3) is 0.375. The highest BCUT2D eigenvalue weighted by molar-refractivity contribution is 6.25. The molecule has 10 nitrogen and oxygen atoms in total. The number of carbonyl (C=O) groups is 3. The number of ether oxygens (including phenoxy) is 2. The number of carbonyl (C=O) groups excluding carboxylic acids is 3. The number of imide groups is 1. The second kappa shape index (κ2) is 8.21. The number of nitrogens with zero attached hydrogens (tertiary/aromatic N) is 3. The van der Waals surface area contributed by atoms with Crippen molar-refractivity contribution < 1.29 is 28.8 Å². The van der Waals surface area contributed by atoms with Crippen LogP contribution in [0.5, 0.6) is 11.5 Å². The molecule has 176 valence electrons. The molecule has 0 aliphatic carbocycles. The SMILES string of the molecule is COc1ccc(C(=O)[C@@H]2[C@@H]3C(=O)N(c4cc([N+](=O)[O-])ccc4OC)C(=O)[C@@H]3[C@@H]3CCCN23)cc1. The monoisotopic (exact) mass is 465 g/mol. The molecule has 2 aromatic carbocycles. The fourth-order valence-electron chi connectivity index (χ4n) is 5.65. The summed E-state index contributed by atoms with van der Waals surface area (Å²) in [7, 11) is 2.90. The van der Waals surface area contributed by atoms with Crippen LogP contribution in [0.1, 0.15) is 23.2 Å². The summed E-state index contributed by atoms with van der Waals surface area (Å²) in [6.07, 6.45) is 1.52. The molecule has 0 spiro atoms. The number of methoxy groups -OCH3 is 2. The lowest BCUT2D eigenvalue weighted by molar-refractivity contribution is -0.384. The molecule has 34 heavy (non-hydrogen) atoms. The van der Waals surface area contributed by atoms with E-state index in [9.17, 15) is 24.5 Å². The van der Waals surface area contributed by atoms with Gasteiger partial charge in [-0.3, -0.25) is 29.4 Å². The number of nitro benzene ring substituents is 1. The number of nitro groups is 1. The predicted octanol–water partition coefficient (Wildman–Crippen LogP) is 2.45. The van der Waals surface area contributed by atoms with Gasteiger partial charge in [0.1, 0.15) is 17.2 Å². The molecule has 3 heterocycles. The lowest BCUT2D eigenvalue weighted by Crippen LogP contribution is -2.46. The van der Waals surface area contributed by atoms with Crippen molar-refractivity contribution in [3.8, 4) is 11.5 Å². The number of benzene rings is 2. The molecule has 3 aliphatic heterocycles. The number of fused-ring (bicyclic) bond motifs is 3. The van der Waals surface area contributed by atoms with Crippen LogP contribution in [0.3, 0.4) is 0 Å². The first-order valence-electron chi connectivity index (χ1n) is 11.0. The van der Waals surface area contributed by atoms with Crippen LogP contribution >= 0.6 is 0 Å². The topological polar surface area (TPSA) is 119 Å². The molecule has 2 amide bonds. The van der Waals surface area contributed by atoms with Gasteiger partial charge in [0.15, 0.2) is 5.78 Å². The van der Waals surface area contributed by atoms with E-state index in [-0.39, 0.29) is 28.9 Å². The minimum absolute atomic E-state index is 0.0290. The quantitative estimate of drug-likeness (QED) is 0.276. The van der Waals surface area contributed by atoms with Gasteiger partial charge in [0, 0.05) is 23.7 Å². The molecule has 3 fully saturated rings. The Hall–Kier alpha value is -3.79. The van der Waals surface area contributed by atoms with E-state index in [0.29, 0.717) is 24.3 Å². The Kier molecular flexibility index (Phi) is 5.32. The van der Waals surface area contributed by atoms with Crippen molar-refractivity contribution in [2.24, 2.45) is 11.8 Å². The van der Waals surface area contributed by atoms with Gasteiger partial charge in [0.2, 0.25) is 11.8 Å². The first-order valence-corrected chi connectivity index (χ1v) is 11.0. The van der Waals surface area contributed by atoms with Crippen LogP contribution in [-0.2, 0) is 9.59 Å². The maximum atomic E-state index is 13.7. The molecule has 0 aromatic heterocycles. The minimum Gasteiger partial charge on any atom is -0.497 e. The van der Waals surface area contributed by atoms with Crippen LogP contribution < -0.4 is 14.4 Å². The van der Waals surface area contributed by atoms with Gasteiger partial charge in [0.25, 0.3) is 5.69 Å². The number of non-ortho nitro benzene ring substituents is 1. The molecule has 3 aliphatic rings. The van der Waals surface area contributed by atoms with E-state index in [1.54, 1.807) is 24.3 Å². The summed E-state index contributed by atoms with van der Waals surface area (Å²) in [6, 6.07) is 9.45. The largest absolute Gasteiger partial charge is 0.497 e. The predicted molar refractivity (Wildman–Crippen MR) is 120 cm³/mol. The highest BCUT2D eigenvalue weighted by Gasteiger charge is 2.65. The number of Topliss-reactive ketones (excluding diaryl/α,β-unsaturated/α-hetero) is 1. The van der Waals surface area contributed by atoms with Crippen LogP contribution in [0.15, 0.2) is 42.5 Å². The second-order valence-corrected chi connectivity index (χ2v) is 8.66. The number of hydrogen-bond donors (Lipinski definition) is 0. The highest BCUT2D eigenvalue weighted by Crippen LogP contribution is 2.50. The lowest BCUT2D eigenvalue weighted by atomic mass is 9.85. The maximum absolute atomic E-state index is 13.7. The Labute approximate surface area is 195 Å². The molecule has 3 saturated heterocycles. The van der Waals surface area contributed by atoms with E-state index in [1.165, 1.54) is 32.4 Å². The zero-order valence-corrected chi connectivity index (χ0v) is 18.7. The van der Waals surface area contributed by atoms with Gasteiger partial charge in [-0.15, -0.1) is 0 Å². The van der Waals surface area contributed by atoms with Gasteiger partial charge in [0.05, 0.1) is 37.0 Å². The van der Waals surface area contributed by atoms with Crippen LogP contribution in [0.25, 0.3) is 0 Å². The van der Waals surface area contributed by atoms with Crippen molar-refractivity contribution in [2.45, 2.75) is 24.9 Å². The third-order valence-electron chi connectivity index (χ3n) is 7.11. The number of rotatable bonds is 6. The normalized spacial score (nSPS) is 25.9. The molecule has 0 N–H and O–H groups in total. The van der Waals surface area contributed by atoms with Gasteiger partial charge >= 0.3 is 0 Å². The Balaban J connectivity index is 1.56. The molecular formula is C24H23N3O7. The zero-order chi connectivity index (χ0) is 24.1. The Bertz CT molecular complexity index is 1200. The Morgan fingerprint density at radius 2 is 1.74 bits per heavy atom. The third kappa shape index (κ3) is 3.17. The number of anilines is 1. The summed E-state index contributed by atoms with van der Waals surface area (Å²) in [5.74, 6) is -1.98. The Morgan fingerprint density at radius 1 is 1.03 bits per heavy atom. The molecule has 2 aromatic rings. The lowest BCUT2D eigenvalue weighted by Gasteiger charge is -2.28. The average Bonchev–Trinajstić information content (AvgIpc) is 3.50. The van der Waals surface area contributed by atoms with Crippen LogP contribution in [0.2, 0.25) is 0 Å². The zero-order valence-electron chi connectivity index (χ0n) is 18.7. The van der Waals surface area contributed by atoms with Crippen molar-refractivity contribution >= 4 is 29.0 Å². The average molecular weight is 465 g/mol. The van der Waals surface area contributed by atoms with E-state index in [2.05, 4.69) is 0 Å². The summed E-state index contributed by atoms with van der Waals surface area (Å²) < 4.78 is 10.5. The van der Waals surface area contributed by atoms with Gasteiger partial charge in [-0.25, -0.2) is 4.90 Å². The number of amides is 2. The van der Waals surface area contributed by atoms with Gasteiger partial charge in [-0.2, -0.15) is 0 Å². The maximum Gasteiger partial charge on any atom is 0.271 e. The second-order valence-electron chi connectivity index (χ2n) is 8.66. The molecule has 0 saturated carbocycles. The molecule has 0 radical (unpaired) electrons. The van der Waals surface area contributed by atoms with E-state index in [4.69, 9.17) is 9.47 Å². The van der Waals surface area contributed by atoms with Crippen LogP contribution in [0, 0.1) is 22.0 Å². The summed E-state index contributed by atoms with van der Waals surface area (Å²) in [6.45, 7) is 0.630. The van der Waals surface area contributed by atoms with Gasteiger partial charge in [-0.05, 0) is 49.7 Å². The molecule has 10 heteroatoms. The summed E-state index contributed by atoms with van der Waals surface area (Å²) in [4.78, 5) is 54.6. The highest BCUT2D eigenvalue weighted by atomic mass is 16.6. The van der Waals surface area contributed by atoms with E-state index < -0.39 is 34.6 Å². The van der Waals surface area contributed by atoms with E-state index in [1.807, 2.05) is 4.90 Å². The van der Waals surface area contributed by atoms with Crippen molar-refractivity contribution in [2.75, 3.05) is 25.7 Å². The minimum atomic E-state index is -0.864. The molecule has 5 rings (SSSR count). The molecular weight excluding hydrogens is 442 g/mol. The summed E-state index contributed by atoms with van der Waals surface area (Å²) in [5, 5.41) is 11.3. The van der Waals surface area contributed by atoms with Gasteiger partial charge < -0.3 is 9.47 Å². The summed E-state index contributed by atoms with van der Waals surface area (Å²) in [5.41, 5.74) is 0.201. The molecule has 0 bridgehead atoms.